The lowest BCUT2D eigenvalue weighted by molar-refractivity contribution is -0.163. The quantitative estimate of drug-likeness (QED) is 0.109. The Hall–Kier alpha value is -4.96. The van der Waals surface area contributed by atoms with Crippen molar-refractivity contribution in [3.8, 4) is 17.0 Å². The summed E-state index contributed by atoms with van der Waals surface area (Å²) in [7, 11) is 1.44. The third-order valence-corrected chi connectivity index (χ3v) is 11.0. The zero-order valence-electron chi connectivity index (χ0n) is 32.4. The monoisotopic (exact) mass is 857 g/mol. The van der Waals surface area contributed by atoms with Crippen molar-refractivity contribution in [2.75, 3.05) is 78.1 Å². The minimum atomic E-state index is -5.00. The molecule has 6 rings (SSSR count). The number of hydrogen-bond donors (Lipinski definition) is 3. The van der Waals surface area contributed by atoms with E-state index in [1.54, 1.807) is 0 Å². The van der Waals surface area contributed by atoms with Crippen LogP contribution in [0.25, 0.3) is 11.3 Å². The fourth-order valence-corrected chi connectivity index (χ4v) is 7.62. The summed E-state index contributed by atoms with van der Waals surface area (Å²) in [5.41, 5.74) is -6.99. The first-order chi connectivity index (χ1) is 28.4. The molecule has 3 aromatic rings. The van der Waals surface area contributed by atoms with Crippen LogP contribution in [0, 0.1) is 11.6 Å². The van der Waals surface area contributed by atoms with Crippen LogP contribution in [-0.2, 0) is 33.2 Å². The number of alkyl halides is 6. The first-order valence-electron chi connectivity index (χ1n) is 19.1. The van der Waals surface area contributed by atoms with Gasteiger partial charge in [0.05, 0.1) is 48.8 Å². The van der Waals surface area contributed by atoms with E-state index >= 15 is 8.78 Å². The van der Waals surface area contributed by atoms with Gasteiger partial charge in [-0.3, -0.25) is 24.4 Å². The molecule has 1 aromatic heterocycles. The Morgan fingerprint density at radius 1 is 0.883 bits per heavy atom. The number of carbonyl (C=O) groups excluding carboxylic acids is 2. The Labute approximate surface area is 339 Å². The van der Waals surface area contributed by atoms with Gasteiger partial charge in [-0.2, -0.15) is 30.7 Å². The summed E-state index contributed by atoms with van der Waals surface area (Å²) < 4.78 is 124. The van der Waals surface area contributed by atoms with Crippen molar-refractivity contribution in [2.24, 2.45) is 0 Å². The van der Waals surface area contributed by atoms with Crippen LogP contribution in [0.15, 0.2) is 54.1 Å². The largest absolute Gasteiger partial charge is 0.509 e. The van der Waals surface area contributed by atoms with E-state index in [0.717, 1.165) is 43.8 Å². The smallest absolute Gasteiger partial charge is 0.433 e. The summed E-state index contributed by atoms with van der Waals surface area (Å²) in [6.07, 6.45) is -7.94. The van der Waals surface area contributed by atoms with Gasteiger partial charge < -0.3 is 25.0 Å². The van der Waals surface area contributed by atoms with Gasteiger partial charge in [0.25, 0.3) is 11.8 Å². The van der Waals surface area contributed by atoms with Crippen LogP contribution >= 0.6 is 0 Å². The van der Waals surface area contributed by atoms with Gasteiger partial charge in [-0.1, -0.05) is 18.9 Å². The summed E-state index contributed by atoms with van der Waals surface area (Å²) in [6.45, 7) is 4.31. The number of carbonyl (C=O) groups is 2. The zero-order chi connectivity index (χ0) is 43.4. The number of hydrazine groups is 1. The summed E-state index contributed by atoms with van der Waals surface area (Å²) in [5.74, 6) is -6.16. The highest BCUT2D eigenvalue weighted by atomic mass is 19.4. The summed E-state index contributed by atoms with van der Waals surface area (Å²) >= 11 is 0. The second-order valence-electron chi connectivity index (χ2n) is 14.6. The molecule has 1 spiro atoms. The number of halogens is 8. The van der Waals surface area contributed by atoms with Crippen LogP contribution in [-0.4, -0.2) is 130 Å². The first kappa shape index (κ1) is 44.6. The number of ether oxygens (including phenoxy) is 2. The SMILES string of the molecule is CN1N(Cc2ccc(OCCN3CCN(CCOCCO)CC3)c(F)c2F)C(=O)C(C(=O)Nc2ccc(C(F)(F)F)cc2-c2cc(C(F)(F)F)ncn2)=C(O)C12CCCC2. The van der Waals surface area contributed by atoms with Gasteiger partial charge in [-0.25, -0.2) is 19.4 Å². The molecule has 2 fully saturated rings. The molecule has 326 valence electrons. The molecule has 2 aliphatic heterocycles. The molecule has 2 amide bonds. The third kappa shape index (κ3) is 9.64. The van der Waals surface area contributed by atoms with Crippen molar-refractivity contribution >= 4 is 17.5 Å². The van der Waals surface area contributed by atoms with Gasteiger partial charge in [0, 0.05) is 57.4 Å². The molecule has 3 aliphatic rings. The van der Waals surface area contributed by atoms with Gasteiger partial charge in [-0.05, 0) is 43.2 Å². The second-order valence-corrected chi connectivity index (χ2v) is 14.6. The molecular formula is C39H43F8N7O6. The van der Waals surface area contributed by atoms with E-state index in [4.69, 9.17) is 14.6 Å². The maximum absolute atomic E-state index is 15.7. The molecule has 0 radical (unpaired) electrons. The number of aliphatic hydroxyl groups is 2. The molecule has 3 N–H and O–H groups in total. The van der Waals surface area contributed by atoms with E-state index in [1.165, 1.54) is 24.2 Å². The van der Waals surface area contributed by atoms with Crippen molar-refractivity contribution in [3.05, 3.63) is 82.5 Å². The standard InChI is InChI=1S/C39H43F8N7O6/c1-51-37(8-2-3-9-37)34(56)31(35(57)50-27-6-5-25(38(42,43)44)20-26(27)28-21-30(39(45,46)47)49-23-48-28)36(58)54(51)22-24-4-7-29(33(41)32(24)40)60-18-15-53-12-10-52(11-13-53)14-17-59-19-16-55/h4-7,20-21,23,55-56H,2-3,8-19,22H2,1H3,(H,50,57). The number of piperazine rings is 1. The van der Waals surface area contributed by atoms with Gasteiger partial charge in [0.2, 0.25) is 5.82 Å². The molecule has 3 heterocycles. The van der Waals surface area contributed by atoms with E-state index in [2.05, 4.69) is 25.1 Å². The first-order valence-corrected chi connectivity index (χ1v) is 19.1. The van der Waals surface area contributed by atoms with Crippen LogP contribution < -0.4 is 10.1 Å². The number of benzene rings is 2. The van der Waals surface area contributed by atoms with E-state index in [0.29, 0.717) is 50.5 Å². The van der Waals surface area contributed by atoms with Crippen molar-refractivity contribution in [1.29, 1.82) is 0 Å². The lowest BCUT2D eigenvalue weighted by atomic mass is 9.88. The maximum Gasteiger partial charge on any atom is 0.433 e. The number of aliphatic hydroxyl groups excluding tert-OH is 2. The van der Waals surface area contributed by atoms with Crippen molar-refractivity contribution in [1.82, 2.24) is 29.8 Å². The lowest BCUT2D eigenvalue weighted by Gasteiger charge is -2.48. The number of anilines is 1. The molecule has 0 unspecified atom stereocenters. The number of aromatic nitrogens is 2. The van der Waals surface area contributed by atoms with Gasteiger partial charge >= 0.3 is 12.4 Å². The van der Waals surface area contributed by atoms with E-state index in [-0.39, 0.29) is 44.0 Å². The predicted molar refractivity (Wildman–Crippen MR) is 198 cm³/mol. The van der Waals surface area contributed by atoms with Crippen molar-refractivity contribution in [2.45, 2.75) is 50.1 Å². The lowest BCUT2D eigenvalue weighted by Crippen LogP contribution is -2.62. The van der Waals surface area contributed by atoms with Gasteiger partial charge in [0.15, 0.2) is 11.6 Å². The van der Waals surface area contributed by atoms with Gasteiger partial charge in [0.1, 0.15) is 30.0 Å². The Kier molecular flexibility index (Phi) is 13.6. The Bertz CT molecular complexity index is 2070. The number of likely N-dealkylation sites (N-methyl/N-ethyl adjacent to an activating group) is 1. The average Bonchev–Trinajstić information content (AvgIpc) is 3.71. The molecule has 1 saturated carbocycles. The summed E-state index contributed by atoms with van der Waals surface area (Å²) in [5, 5.41) is 25.0. The second kappa shape index (κ2) is 18.3. The molecule has 0 atom stereocenters. The molecule has 1 aliphatic carbocycles. The Balaban J connectivity index is 1.20. The minimum absolute atomic E-state index is 0.0419. The Morgan fingerprint density at radius 2 is 1.55 bits per heavy atom. The fraction of sp³-hybridized carbons (Fsp3) is 0.487. The number of nitrogens with zero attached hydrogens (tertiary/aromatic N) is 6. The minimum Gasteiger partial charge on any atom is -0.509 e. The maximum atomic E-state index is 15.7. The van der Waals surface area contributed by atoms with Crippen LogP contribution in [0.1, 0.15) is 42.5 Å². The summed E-state index contributed by atoms with van der Waals surface area (Å²) in [6, 6.07) is 4.63. The number of rotatable bonds is 14. The molecule has 21 heteroatoms. The van der Waals surface area contributed by atoms with E-state index in [1.807, 2.05) is 0 Å². The van der Waals surface area contributed by atoms with Crippen LogP contribution in [0.5, 0.6) is 5.75 Å². The fourth-order valence-electron chi connectivity index (χ4n) is 7.62. The predicted octanol–water partition coefficient (Wildman–Crippen LogP) is 5.42. The molecule has 2 aromatic carbocycles. The number of nitrogens with one attached hydrogen (secondary N) is 1. The molecule has 13 nitrogen and oxygen atoms in total. The normalized spacial score (nSPS) is 18.2. The zero-order valence-corrected chi connectivity index (χ0v) is 32.4. The molecular weight excluding hydrogens is 814 g/mol. The molecule has 0 bridgehead atoms. The average molecular weight is 858 g/mol. The van der Waals surface area contributed by atoms with Gasteiger partial charge in [-0.15, -0.1) is 0 Å². The highest BCUT2D eigenvalue weighted by molar-refractivity contribution is 6.24. The highest BCUT2D eigenvalue weighted by Crippen LogP contribution is 2.45. The number of amides is 2. The topological polar surface area (TPSA) is 144 Å². The molecule has 60 heavy (non-hydrogen) atoms. The van der Waals surface area contributed by atoms with Crippen LogP contribution in [0.4, 0.5) is 40.8 Å². The van der Waals surface area contributed by atoms with Crippen LogP contribution in [0.3, 0.4) is 0 Å². The highest BCUT2D eigenvalue weighted by Gasteiger charge is 2.53. The molecule has 1 saturated heterocycles. The van der Waals surface area contributed by atoms with Crippen molar-refractivity contribution in [3.63, 3.8) is 0 Å². The third-order valence-electron chi connectivity index (χ3n) is 11.0. The van der Waals surface area contributed by atoms with E-state index in [9.17, 15) is 41.0 Å². The summed E-state index contributed by atoms with van der Waals surface area (Å²) in [4.78, 5) is 39.3. The number of hydrogen-bond acceptors (Lipinski definition) is 11. The van der Waals surface area contributed by atoms with Crippen molar-refractivity contribution < 1.29 is 64.4 Å². The van der Waals surface area contributed by atoms with E-state index < -0.39 is 87.4 Å². The Morgan fingerprint density at radius 3 is 2.18 bits per heavy atom. The van der Waals surface area contributed by atoms with Crippen LogP contribution in [0.2, 0.25) is 0 Å².